The highest BCUT2D eigenvalue weighted by molar-refractivity contribution is 9.10. The number of aromatic nitrogens is 2. The Kier molecular flexibility index (Phi) is 4.22. The van der Waals surface area contributed by atoms with Crippen molar-refractivity contribution in [3.63, 3.8) is 0 Å². The van der Waals surface area contributed by atoms with E-state index in [4.69, 9.17) is 0 Å². The number of aryl methyl sites for hydroxylation is 1. The third kappa shape index (κ3) is 3.52. The molecular weight excluding hydrogens is 398 g/mol. The van der Waals surface area contributed by atoms with Crippen molar-refractivity contribution in [2.75, 3.05) is 4.72 Å². The summed E-state index contributed by atoms with van der Waals surface area (Å²) in [6.45, 7) is 1.82. The van der Waals surface area contributed by atoms with Crippen LogP contribution in [-0.2, 0) is 10.0 Å². The minimum absolute atomic E-state index is 0.170. The van der Waals surface area contributed by atoms with Crippen LogP contribution in [0.5, 0.6) is 0 Å². The zero-order chi connectivity index (χ0) is 14.0. The van der Waals surface area contributed by atoms with Crippen LogP contribution in [0.3, 0.4) is 0 Å². The fraction of sp³-hybridized carbons (Fsp3) is 0.0909. The van der Waals surface area contributed by atoms with Gasteiger partial charge in [-0.2, -0.15) is 0 Å². The predicted molar refractivity (Wildman–Crippen MR) is 79.4 cm³/mol. The van der Waals surface area contributed by atoms with E-state index in [2.05, 4.69) is 46.5 Å². The minimum Gasteiger partial charge on any atom is -0.262 e. The summed E-state index contributed by atoms with van der Waals surface area (Å²) in [5.74, 6) is 0.170. The Bertz CT molecular complexity index is 702. The van der Waals surface area contributed by atoms with Gasteiger partial charge >= 0.3 is 0 Å². The van der Waals surface area contributed by atoms with Crippen molar-refractivity contribution in [2.24, 2.45) is 0 Å². The van der Waals surface area contributed by atoms with Crippen molar-refractivity contribution in [3.05, 3.63) is 45.2 Å². The highest BCUT2D eigenvalue weighted by Gasteiger charge is 2.15. The smallest absolute Gasteiger partial charge is 0.262 e. The van der Waals surface area contributed by atoms with Gasteiger partial charge in [0, 0.05) is 4.47 Å². The molecule has 1 aromatic heterocycles. The standard InChI is InChI=1S/C11H9Br2N3O2S/c1-7-4-8(2-3-9(7)12)19(17,18)16-11-6-14-10(13)5-15-11/h2-6H,1H3,(H,15,16). The number of rotatable bonds is 3. The third-order valence-electron chi connectivity index (χ3n) is 2.30. The summed E-state index contributed by atoms with van der Waals surface area (Å²) in [4.78, 5) is 8.01. The van der Waals surface area contributed by atoms with Crippen molar-refractivity contribution in [3.8, 4) is 0 Å². The molecule has 100 valence electrons. The number of benzene rings is 1. The van der Waals surface area contributed by atoms with Crippen molar-refractivity contribution in [1.82, 2.24) is 9.97 Å². The van der Waals surface area contributed by atoms with Gasteiger partial charge in [-0.25, -0.2) is 18.4 Å². The molecule has 19 heavy (non-hydrogen) atoms. The van der Waals surface area contributed by atoms with Crippen LogP contribution in [0.2, 0.25) is 0 Å². The van der Waals surface area contributed by atoms with Gasteiger partial charge in [0.15, 0.2) is 5.82 Å². The van der Waals surface area contributed by atoms with Gasteiger partial charge in [-0.3, -0.25) is 4.72 Å². The Hall–Kier alpha value is -0.990. The molecule has 0 saturated heterocycles. The van der Waals surface area contributed by atoms with Crippen LogP contribution in [0.15, 0.2) is 44.6 Å². The molecule has 1 N–H and O–H groups in total. The Morgan fingerprint density at radius 1 is 1.16 bits per heavy atom. The first kappa shape index (κ1) is 14.4. The van der Waals surface area contributed by atoms with Gasteiger partial charge in [-0.1, -0.05) is 15.9 Å². The van der Waals surface area contributed by atoms with Crippen LogP contribution in [0.4, 0.5) is 5.82 Å². The molecule has 5 nitrogen and oxygen atoms in total. The van der Waals surface area contributed by atoms with Crippen LogP contribution in [-0.4, -0.2) is 18.4 Å². The molecule has 0 saturated carbocycles. The Morgan fingerprint density at radius 2 is 1.89 bits per heavy atom. The second-order valence-corrected chi connectivity index (χ2v) is 7.09. The van der Waals surface area contributed by atoms with Gasteiger partial charge in [-0.15, -0.1) is 0 Å². The summed E-state index contributed by atoms with van der Waals surface area (Å²) in [5.41, 5.74) is 0.838. The molecule has 2 rings (SSSR count). The molecule has 0 aliphatic rings. The average molecular weight is 407 g/mol. The highest BCUT2D eigenvalue weighted by Crippen LogP contribution is 2.21. The molecule has 0 aliphatic heterocycles. The fourth-order valence-corrected chi connectivity index (χ4v) is 2.88. The lowest BCUT2D eigenvalue weighted by atomic mass is 10.2. The summed E-state index contributed by atoms with van der Waals surface area (Å²) in [6.07, 6.45) is 2.76. The molecule has 8 heteroatoms. The second kappa shape index (κ2) is 5.56. The Balaban J connectivity index is 2.32. The van der Waals surface area contributed by atoms with Gasteiger partial charge in [0.05, 0.1) is 17.3 Å². The van der Waals surface area contributed by atoms with Gasteiger partial charge in [0.2, 0.25) is 0 Å². The van der Waals surface area contributed by atoms with Crippen molar-refractivity contribution in [2.45, 2.75) is 11.8 Å². The van der Waals surface area contributed by atoms with Gasteiger partial charge in [0.25, 0.3) is 10.0 Å². The molecule has 0 amide bonds. The molecule has 2 aromatic rings. The Morgan fingerprint density at radius 3 is 2.47 bits per heavy atom. The van der Waals surface area contributed by atoms with E-state index in [1.54, 1.807) is 12.1 Å². The molecule has 0 atom stereocenters. The number of nitrogens with zero attached hydrogens (tertiary/aromatic N) is 2. The van der Waals surface area contributed by atoms with Crippen molar-refractivity contribution in [1.29, 1.82) is 0 Å². The van der Waals surface area contributed by atoms with E-state index in [1.807, 2.05) is 6.92 Å². The number of hydrogen-bond donors (Lipinski definition) is 1. The van der Waals surface area contributed by atoms with E-state index >= 15 is 0 Å². The summed E-state index contributed by atoms with van der Waals surface area (Å²) in [5, 5.41) is 0. The van der Waals surface area contributed by atoms with Gasteiger partial charge in [-0.05, 0) is 46.6 Å². The van der Waals surface area contributed by atoms with Crippen molar-refractivity contribution >= 4 is 47.7 Å². The van der Waals surface area contributed by atoms with Crippen LogP contribution in [0.1, 0.15) is 5.56 Å². The zero-order valence-electron chi connectivity index (χ0n) is 9.76. The summed E-state index contributed by atoms with van der Waals surface area (Å²) in [6, 6.07) is 4.79. The zero-order valence-corrected chi connectivity index (χ0v) is 13.8. The van der Waals surface area contributed by atoms with Crippen LogP contribution >= 0.6 is 31.9 Å². The lowest BCUT2D eigenvalue weighted by Gasteiger charge is -2.08. The van der Waals surface area contributed by atoms with Gasteiger partial charge < -0.3 is 0 Å². The first-order chi connectivity index (χ1) is 8.88. The molecular formula is C11H9Br2N3O2S. The maximum atomic E-state index is 12.1. The number of hydrogen-bond acceptors (Lipinski definition) is 4. The fourth-order valence-electron chi connectivity index (χ4n) is 1.35. The first-order valence-corrected chi connectivity index (χ1v) is 8.22. The lowest BCUT2D eigenvalue weighted by Crippen LogP contribution is -2.14. The van der Waals surface area contributed by atoms with Crippen molar-refractivity contribution < 1.29 is 8.42 Å². The Labute approximate surface area is 127 Å². The average Bonchev–Trinajstić information content (AvgIpc) is 2.35. The summed E-state index contributed by atoms with van der Waals surface area (Å²) in [7, 11) is -3.65. The van der Waals surface area contributed by atoms with E-state index in [9.17, 15) is 8.42 Å². The maximum Gasteiger partial charge on any atom is 0.263 e. The number of nitrogens with one attached hydrogen (secondary N) is 1. The molecule has 0 aliphatic carbocycles. The monoisotopic (exact) mass is 405 g/mol. The van der Waals surface area contributed by atoms with Crippen LogP contribution in [0, 0.1) is 6.92 Å². The molecule has 1 aromatic carbocycles. The first-order valence-electron chi connectivity index (χ1n) is 5.15. The second-order valence-electron chi connectivity index (χ2n) is 3.74. The van der Waals surface area contributed by atoms with E-state index in [0.29, 0.717) is 4.60 Å². The van der Waals surface area contributed by atoms with E-state index in [0.717, 1.165) is 10.0 Å². The topological polar surface area (TPSA) is 72.0 Å². The molecule has 0 spiro atoms. The van der Waals surface area contributed by atoms with Crippen LogP contribution in [0.25, 0.3) is 0 Å². The number of anilines is 1. The van der Waals surface area contributed by atoms with Gasteiger partial charge in [0.1, 0.15) is 4.60 Å². The maximum absolute atomic E-state index is 12.1. The molecule has 0 fully saturated rings. The molecule has 1 heterocycles. The summed E-state index contributed by atoms with van der Waals surface area (Å²) < 4.78 is 28.1. The summed E-state index contributed by atoms with van der Waals surface area (Å²) >= 11 is 6.46. The molecule has 0 unspecified atom stereocenters. The SMILES string of the molecule is Cc1cc(S(=O)(=O)Nc2cnc(Br)cn2)ccc1Br. The predicted octanol–water partition coefficient (Wildman–Crippen LogP) is 3.11. The highest BCUT2D eigenvalue weighted by atomic mass is 79.9. The van der Waals surface area contributed by atoms with E-state index in [-0.39, 0.29) is 10.7 Å². The third-order valence-corrected chi connectivity index (χ3v) is 4.95. The molecule has 0 radical (unpaired) electrons. The minimum atomic E-state index is -3.65. The number of sulfonamides is 1. The van der Waals surface area contributed by atoms with E-state index < -0.39 is 10.0 Å². The number of halogens is 2. The van der Waals surface area contributed by atoms with Crippen LogP contribution < -0.4 is 4.72 Å². The molecule has 0 bridgehead atoms. The van der Waals surface area contributed by atoms with E-state index in [1.165, 1.54) is 18.5 Å². The quantitative estimate of drug-likeness (QED) is 0.849. The lowest BCUT2D eigenvalue weighted by molar-refractivity contribution is 0.601. The normalized spacial score (nSPS) is 11.3. The largest absolute Gasteiger partial charge is 0.263 e.